The quantitative estimate of drug-likeness (QED) is 0.235. The van der Waals surface area contributed by atoms with E-state index in [1.54, 1.807) is 6.20 Å². The summed E-state index contributed by atoms with van der Waals surface area (Å²) in [6, 6.07) is 6.79. The summed E-state index contributed by atoms with van der Waals surface area (Å²) in [5.74, 6) is 0.905. The van der Waals surface area contributed by atoms with Crippen LogP contribution in [0.15, 0.2) is 34.9 Å². The molecule has 1 aliphatic heterocycles. The third kappa shape index (κ3) is 9.47. The van der Waals surface area contributed by atoms with Gasteiger partial charge in [-0.25, -0.2) is 9.78 Å². The first-order valence-corrected chi connectivity index (χ1v) is 13.7. The average molecular weight is 590 g/mol. The van der Waals surface area contributed by atoms with E-state index in [-0.39, 0.29) is 23.8 Å². The molecule has 1 aliphatic rings. The van der Waals surface area contributed by atoms with Crippen LogP contribution in [0.5, 0.6) is 0 Å². The number of carbonyl (C=O) groups is 3. The Kier molecular flexibility index (Phi) is 11.1. The molecule has 5 N–H and O–H groups in total. The number of aromatic nitrogens is 2. The molecular formula is C26H37BrN8O3. The summed E-state index contributed by atoms with van der Waals surface area (Å²) >= 11 is 3.47. The number of likely N-dealkylation sites (tertiary alicyclic amines) is 1. The van der Waals surface area contributed by atoms with Crippen LogP contribution in [0.1, 0.15) is 46.5 Å². The van der Waals surface area contributed by atoms with Crippen molar-refractivity contribution in [3.63, 3.8) is 0 Å². The van der Waals surface area contributed by atoms with Crippen LogP contribution in [0.4, 0.5) is 27.9 Å². The molecule has 1 fully saturated rings. The van der Waals surface area contributed by atoms with Crippen LogP contribution in [-0.4, -0.2) is 64.9 Å². The van der Waals surface area contributed by atoms with E-state index in [1.165, 1.54) is 6.92 Å². The number of halogens is 1. The molecule has 0 bridgehead atoms. The minimum absolute atomic E-state index is 0.0900. The minimum atomic E-state index is -0.530. The molecule has 206 valence electrons. The average Bonchev–Trinajstić information content (AvgIpc) is 3.40. The third-order valence-corrected chi connectivity index (χ3v) is 6.43. The smallest absolute Gasteiger partial charge is 0.321 e. The Morgan fingerprint density at radius 1 is 1.11 bits per heavy atom. The number of rotatable bonds is 12. The van der Waals surface area contributed by atoms with Gasteiger partial charge in [0.15, 0.2) is 0 Å². The maximum atomic E-state index is 12.5. The van der Waals surface area contributed by atoms with Gasteiger partial charge < -0.3 is 31.5 Å². The maximum absolute atomic E-state index is 12.5. The topological polar surface area (TPSA) is 140 Å². The molecule has 4 amide bonds. The molecular weight excluding hydrogens is 552 g/mol. The van der Waals surface area contributed by atoms with Gasteiger partial charge in [-0.1, -0.05) is 19.9 Å². The molecule has 3 rings (SSSR count). The first-order valence-electron chi connectivity index (χ1n) is 13.0. The second kappa shape index (κ2) is 14.5. The predicted octanol–water partition coefficient (Wildman–Crippen LogP) is 4.08. The maximum Gasteiger partial charge on any atom is 0.321 e. The SMILES string of the molecule is CC(=O)NC(CC(C)C)C(=O)NCCCNc1nc(Nc2cccc(NC(=O)N3CCCC3)c2)ncc1Br. The molecule has 2 heterocycles. The van der Waals surface area contributed by atoms with Crippen LogP contribution in [0.25, 0.3) is 0 Å². The summed E-state index contributed by atoms with van der Waals surface area (Å²) < 4.78 is 0.710. The number of nitrogens with zero attached hydrogens (tertiary/aromatic N) is 3. The first-order chi connectivity index (χ1) is 18.2. The molecule has 0 saturated carbocycles. The molecule has 1 atom stereocenters. The normalized spacial score (nSPS) is 13.7. The van der Waals surface area contributed by atoms with Crippen molar-refractivity contribution >= 4 is 56.9 Å². The largest absolute Gasteiger partial charge is 0.369 e. The van der Waals surface area contributed by atoms with E-state index >= 15 is 0 Å². The van der Waals surface area contributed by atoms with Gasteiger partial charge in [-0.2, -0.15) is 4.98 Å². The van der Waals surface area contributed by atoms with E-state index in [0.29, 0.717) is 47.9 Å². The van der Waals surface area contributed by atoms with Gasteiger partial charge in [0.1, 0.15) is 11.9 Å². The van der Waals surface area contributed by atoms with Gasteiger partial charge in [0.2, 0.25) is 17.8 Å². The second-order valence-corrected chi connectivity index (χ2v) is 10.5. The second-order valence-electron chi connectivity index (χ2n) is 9.67. The van der Waals surface area contributed by atoms with Gasteiger partial charge in [-0.15, -0.1) is 0 Å². The number of nitrogens with one attached hydrogen (secondary N) is 5. The summed E-state index contributed by atoms with van der Waals surface area (Å²) in [5, 5.41) is 15.0. The van der Waals surface area contributed by atoms with Crippen LogP contribution >= 0.6 is 15.9 Å². The van der Waals surface area contributed by atoms with Crippen molar-refractivity contribution in [3.05, 3.63) is 34.9 Å². The highest BCUT2D eigenvalue weighted by Gasteiger charge is 2.20. The Labute approximate surface area is 232 Å². The molecule has 1 aromatic heterocycles. The predicted molar refractivity (Wildman–Crippen MR) is 152 cm³/mol. The fraction of sp³-hybridized carbons (Fsp3) is 0.500. The molecule has 1 aromatic carbocycles. The summed E-state index contributed by atoms with van der Waals surface area (Å²) in [5.41, 5.74) is 1.44. The van der Waals surface area contributed by atoms with Gasteiger partial charge in [0.05, 0.1) is 4.47 Å². The van der Waals surface area contributed by atoms with Crippen LogP contribution < -0.4 is 26.6 Å². The minimum Gasteiger partial charge on any atom is -0.369 e. The highest BCUT2D eigenvalue weighted by molar-refractivity contribution is 9.10. The number of anilines is 4. The summed E-state index contributed by atoms with van der Waals surface area (Å²) in [6.45, 7) is 8.05. The first kappa shape index (κ1) is 29.2. The summed E-state index contributed by atoms with van der Waals surface area (Å²) in [4.78, 5) is 46.9. The van der Waals surface area contributed by atoms with E-state index < -0.39 is 6.04 Å². The molecule has 0 radical (unpaired) electrons. The van der Waals surface area contributed by atoms with Crippen molar-refractivity contribution in [2.75, 3.05) is 42.1 Å². The number of benzene rings is 1. The Balaban J connectivity index is 1.48. The molecule has 1 unspecified atom stereocenters. The lowest BCUT2D eigenvalue weighted by atomic mass is 10.0. The molecule has 0 aliphatic carbocycles. The van der Waals surface area contributed by atoms with Crippen LogP contribution in [-0.2, 0) is 9.59 Å². The van der Waals surface area contributed by atoms with Crippen LogP contribution in [0.2, 0.25) is 0 Å². The van der Waals surface area contributed by atoms with Gasteiger partial charge in [-0.05, 0) is 65.7 Å². The summed E-state index contributed by atoms with van der Waals surface area (Å²) in [7, 11) is 0. The highest BCUT2D eigenvalue weighted by Crippen LogP contribution is 2.23. The van der Waals surface area contributed by atoms with Crippen LogP contribution in [0, 0.1) is 5.92 Å². The van der Waals surface area contributed by atoms with Crippen molar-refractivity contribution in [3.8, 4) is 0 Å². The fourth-order valence-corrected chi connectivity index (χ4v) is 4.39. The number of urea groups is 1. The van der Waals surface area contributed by atoms with Gasteiger partial charge in [0.25, 0.3) is 0 Å². The van der Waals surface area contributed by atoms with Crippen LogP contribution in [0.3, 0.4) is 0 Å². The monoisotopic (exact) mass is 588 g/mol. The Hall–Kier alpha value is -3.41. The number of hydrogen-bond acceptors (Lipinski definition) is 7. The lowest BCUT2D eigenvalue weighted by Gasteiger charge is -2.19. The van der Waals surface area contributed by atoms with E-state index in [9.17, 15) is 14.4 Å². The molecule has 0 spiro atoms. The van der Waals surface area contributed by atoms with Crippen molar-refractivity contribution in [1.29, 1.82) is 0 Å². The fourth-order valence-electron chi connectivity index (χ4n) is 4.06. The van der Waals surface area contributed by atoms with Gasteiger partial charge >= 0.3 is 6.03 Å². The summed E-state index contributed by atoms with van der Waals surface area (Å²) in [6.07, 6.45) is 4.98. The number of hydrogen-bond donors (Lipinski definition) is 5. The number of carbonyl (C=O) groups excluding carboxylic acids is 3. The molecule has 11 nitrogen and oxygen atoms in total. The Bertz CT molecular complexity index is 1110. The Morgan fingerprint density at radius 2 is 1.84 bits per heavy atom. The molecule has 12 heteroatoms. The van der Waals surface area contributed by atoms with E-state index in [1.807, 2.05) is 43.0 Å². The van der Waals surface area contributed by atoms with Crippen molar-refractivity contribution in [2.45, 2.75) is 52.5 Å². The van der Waals surface area contributed by atoms with Gasteiger partial charge in [-0.3, -0.25) is 9.59 Å². The zero-order valence-corrected chi connectivity index (χ0v) is 23.7. The van der Waals surface area contributed by atoms with E-state index in [2.05, 4.69) is 52.5 Å². The standard InChI is InChI=1S/C26H37BrN8O3/c1-17(2)14-22(31-18(3)36)24(37)29-11-7-10-28-23-21(27)16-30-25(34-23)32-19-8-6-9-20(15-19)33-26(38)35-12-4-5-13-35/h6,8-9,15-17,22H,4-5,7,10-14H2,1-3H3,(H,29,37)(H,31,36)(H,33,38)(H2,28,30,32,34). The molecule has 38 heavy (non-hydrogen) atoms. The lowest BCUT2D eigenvalue weighted by molar-refractivity contribution is -0.128. The van der Waals surface area contributed by atoms with Crippen molar-refractivity contribution in [2.24, 2.45) is 5.92 Å². The Morgan fingerprint density at radius 3 is 2.55 bits per heavy atom. The van der Waals surface area contributed by atoms with E-state index in [4.69, 9.17) is 0 Å². The van der Waals surface area contributed by atoms with E-state index in [0.717, 1.165) is 31.6 Å². The van der Waals surface area contributed by atoms with Crippen molar-refractivity contribution < 1.29 is 14.4 Å². The lowest BCUT2D eigenvalue weighted by Crippen LogP contribution is -2.47. The number of amides is 4. The van der Waals surface area contributed by atoms with Crippen molar-refractivity contribution in [1.82, 2.24) is 25.5 Å². The zero-order valence-electron chi connectivity index (χ0n) is 22.1. The molecule has 1 saturated heterocycles. The molecule has 2 aromatic rings. The highest BCUT2D eigenvalue weighted by atomic mass is 79.9. The zero-order chi connectivity index (χ0) is 27.5. The third-order valence-electron chi connectivity index (χ3n) is 5.85. The van der Waals surface area contributed by atoms with Gasteiger partial charge in [0, 0.05) is 50.7 Å².